The number of amides is 1. The Morgan fingerprint density at radius 3 is 2.61 bits per heavy atom. The Morgan fingerprint density at radius 2 is 2.11 bits per heavy atom. The van der Waals surface area contributed by atoms with E-state index in [0.29, 0.717) is 30.2 Å². The molecule has 108 valence electrons. The van der Waals surface area contributed by atoms with Gasteiger partial charge >= 0.3 is 0 Å². The molecule has 2 N–H and O–H groups in total. The summed E-state index contributed by atoms with van der Waals surface area (Å²) < 4.78 is 0. The van der Waals surface area contributed by atoms with Gasteiger partial charge in [-0.15, -0.1) is 12.4 Å². The van der Waals surface area contributed by atoms with Crippen LogP contribution in [0.1, 0.15) is 47.0 Å². The number of carbonyl (C=O) groups excluding carboxylic acids is 1. The summed E-state index contributed by atoms with van der Waals surface area (Å²) in [5.74, 6) is 1.93. The number of piperidine rings is 1. The Labute approximate surface area is 118 Å². The highest BCUT2D eigenvalue weighted by Crippen LogP contribution is 2.19. The zero-order valence-electron chi connectivity index (χ0n) is 12.2. The van der Waals surface area contributed by atoms with Gasteiger partial charge in [-0.05, 0) is 30.7 Å². The fourth-order valence-corrected chi connectivity index (χ4v) is 2.54. The van der Waals surface area contributed by atoms with E-state index >= 15 is 0 Å². The highest BCUT2D eigenvalue weighted by atomic mass is 35.5. The summed E-state index contributed by atoms with van der Waals surface area (Å²) >= 11 is 0. The molecule has 1 aliphatic rings. The molecule has 1 rings (SSSR count). The van der Waals surface area contributed by atoms with Crippen LogP contribution in [0.4, 0.5) is 0 Å². The highest BCUT2D eigenvalue weighted by Gasteiger charge is 2.24. The van der Waals surface area contributed by atoms with Gasteiger partial charge in [0.25, 0.3) is 0 Å². The van der Waals surface area contributed by atoms with Crippen LogP contribution in [0.15, 0.2) is 0 Å². The number of carbonyl (C=O) groups is 1. The maximum absolute atomic E-state index is 12.0. The predicted octanol–water partition coefficient (Wildman–Crippen LogP) is 2.59. The molecule has 0 spiro atoms. The molecular weight excluding hydrogens is 248 g/mol. The third-order valence-corrected chi connectivity index (χ3v) is 4.09. The lowest BCUT2D eigenvalue weighted by Crippen LogP contribution is -2.50. The minimum atomic E-state index is 0. The first kappa shape index (κ1) is 17.7. The molecule has 1 saturated heterocycles. The second kappa shape index (κ2) is 8.76. The minimum Gasteiger partial charge on any atom is -0.352 e. The zero-order valence-corrected chi connectivity index (χ0v) is 13.0. The molecule has 0 radical (unpaired) electrons. The molecule has 1 aliphatic heterocycles. The van der Waals surface area contributed by atoms with E-state index in [4.69, 9.17) is 0 Å². The Morgan fingerprint density at radius 1 is 1.44 bits per heavy atom. The quantitative estimate of drug-likeness (QED) is 0.810. The van der Waals surface area contributed by atoms with Gasteiger partial charge in [-0.25, -0.2) is 0 Å². The fraction of sp³-hybridized carbons (Fsp3) is 0.929. The predicted molar refractivity (Wildman–Crippen MR) is 79.1 cm³/mol. The lowest BCUT2D eigenvalue weighted by atomic mass is 9.89. The van der Waals surface area contributed by atoms with Crippen molar-refractivity contribution in [1.82, 2.24) is 10.6 Å². The SMILES string of the molecule is CCC(CC(=O)NC1CNCCC1C)C(C)C.Cl. The topological polar surface area (TPSA) is 41.1 Å². The number of halogens is 1. The Hall–Kier alpha value is -0.280. The van der Waals surface area contributed by atoms with Crippen molar-refractivity contribution in [2.75, 3.05) is 13.1 Å². The Kier molecular flexibility index (Phi) is 8.62. The lowest BCUT2D eigenvalue weighted by molar-refractivity contribution is -0.123. The summed E-state index contributed by atoms with van der Waals surface area (Å²) in [5.41, 5.74) is 0. The van der Waals surface area contributed by atoms with Gasteiger partial charge in [0.15, 0.2) is 0 Å². The molecule has 1 amide bonds. The van der Waals surface area contributed by atoms with Crippen molar-refractivity contribution in [3.8, 4) is 0 Å². The summed E-state index contributed by atoms with van der Waals surface area (Å²) in [6, 6.07) is 0.320. The second-order valence-corrected chi connectivity index (χ2v) is 5.76. The molecule has 3 nitrogen and oxygen atoms in total. The lowest BCUT2D eigenvalue weighted by Gasteiger charge is -2.31. The van der Waals surface area contributed by atoms with Crippen LogP contribution in [0.25, 0.3) is 0 Å². The minimum absolute atomic E-state index is 0. The van der Waals surface area contributed by atoms with E-state index in [9.17, 15) is 4.79 Å². The summed E-state index contributed by atoms with van der Waals surface area (Å²) in [4.78, 5) is 12.0. The molecule has 0 aromatic heterocycles. The van der Waals surface area contributed by atoms with Crippen LogP contribution in [-0.2, 0) is 4.79 Å². The third kappa shape index (κ3) is 5.57. The molecule has 3 atom stereocenters. The molecule has 0 saturated carbocycles. The average Bonchev–Trinajstić information content (AvgIpc) is 2.28. The van der Waals surface area contributed by atoms with Gasteiger partial charge < -0.3 is 10.6 Å². The maximum Gasteiger partial charge on any atom is 0.220 e. The molecule has 1 heterocycles. The van der Waals surface area contributed by atoms with Crippen LogP contribution in [0.5, 0.6) is 0 Å². The van der Waals surface area contributed by atoms with E-state index in [2.05, 4.69) is 38.3 Å². The van der Waals surface area contributed by atoms with Crippen LogP contribution in [0, 0.1) is 17.8 Å². The van der Waals surface area contributed by atoms with Gasteiger partial charge in [-0.1, -0.05) is 34.1 Å². The molecule has 18 heavy (non-hydrogen) atoms. The first-order valence-corrected chi connectivity index (χ1v) is 7.04. The first-order chi connectivity index (χ1) is 8.04. The van der Waals surface area contributed by atoms with Crippen LogP contribution >= 0.6 is 12.4 Å². The van der Waals surface area contributed by atoms with E-state index in [0.717, 1.165) is 25.9 Å². The number of nitrogens with one attached hydrogen (secondary N) is 2. The van der Waals surface area contributed by atoms with E-state index < -0.39 is 0 Å². The van der Waals surface area contributed by atoms with E-state index in [1.807, 2.05) is 0 Å². The van der Waals surface area contributed by atoms with Crippen molar-refractivity contribution in [3.05, 3.63) is 0 Å². The van der Waals surface area contributed by atoms with E-state index in [1.54, 1.807) is 0 Å². The normalized spacial score (nSPS) is 25.4. The smallest absolute Gasteiger partial charge is 0.220 e. The van der Waals surface area contributed by atoms with E-state index in [-0.39, 0.29) is 18.3 Å². The molecule has 0 aromatic carbocycles. The molecule has 0 bridgehead atoms. The molecular formula is C14H29ClN2O. The largest absolute Gasteiger partial charge is 0.352 e. The molecule has 4 heteroatoms. The van der Waals surface area contributed by atoms with Crippen molar-refractivity contribution in [2.24, 2.45) is 17.8 Å². The zero-order chi connectivity index (χ0) is 12.8. The van der Waals surface area contributed by atoms with Gasteiger partial charge in [0.1, 0.15) is 0 Å². The third-order valence-electron chi connectivity index (χ3n) is 4.09. The van der Waals surface area contributed by atoms with Crippen molar-refractivity contribution < 1.29 is 4.79 Å². The van der Waals surface area contributed by atoms with Crippen LogP contribution < -0.4 is 10.6 Å². The van der Waals surface area contributed by atoms with Gasteiger partial charge in [0, 0.05) is 19.0 Å². The summed E-state index contributed by atoms with van der Waals surface area (Å²) in [7, 11) is 0. The Bertz CT molecular complexity index is 246. The van der Waals surface area contributed by atoms with Crippen molar-refractivity contribution in [1.29, 1.82) is 0 Å². The monoisotopic (exact) mass is 276 g/mol. The number of hydrogen-bond donors (Lipinski definition) is 2. The maximum atomic E-state index is 12.0. The van der Waals surface area contributed by atoms with Gasteiger partial charge in [-0.3, -0.25) is 4.79 Å². The fourth-order valence-electron chi connectivity index (χ4n) is 2.54. The van der Waals surface area contributed by atoms with Crippen LogP contribution in [0.2, 0.25) is 0 Å². The van der Waals surface area contributed by atoms with Crippen LogP contribution in [-0.4, -0.2) is 25.0 Å². The summed E-state index contributed by atoms with van der Waals surface area (Å²) in [5, 5.41) is 6.53. The summed E-state index contributed by atoms with van der Waals surface area (Å²) in [6.07, 6.45) is 2.92. The summed E-state index contributed by atoms with van der Waals surface area (Å²) in [6.45, 7) is 10.8. The van der Waals surface area contributed by atoms with Gasteiger partial charge in [-0.2, -0.15) is 0 Å². The highest BCUT2D eigenvalue weighted by molar-refractivity contribution is 5.85. The first-order valence-electron chi connectivity index (χ1n) is 7.04. The van der Waals surface area contributed by atoms with Crippen LogP contribution in [0.3, 0.4) is 0 Å². The van der Waals surface area contributed by atoms with Gasteiger partial charge in [0.05, 0.1) is 0 Å². The van der Waals surface area contributed by atoms with E-state index in [1.165, 1.54) is 0 Å². The average molecular weight is 277 g/mol. The number of rotatable bonds is 5. The number of hydrogen-bond acceptors (Lipinski definition) is 2. The molecule has 0 aliphatic carbocycles. The standard InChI is InChI=1S/C14H28N2O.ClH/c1-5-12(10(2)3)8-14(17)16-13-9-15-7-6-11(13)4;/h10-13,15H,5-9H2,1-4H3,(H,16,17);1H. The van der Waals surface area contributed by atoms with Crippen molar-refractivity contribution >= 4 is 18.3 Å². The second-order valence-electron chi connectivity index (χ2n) is 5.76. The van der Waals surface area contributed by atoms with Crippen molar-refractivity contribution in [3.63, 3.8) is 0 Å². The Balaban J connectivity index is 0.00000289. The molecule has 1 fully saturated rings. The molecule has 3 unspecified atom stereocenters. The molecule has 0 aromatic rings. The van der Waals surface area contributed by atoms with Gasteiger partial charge in [0.2, 0.25) is 5.91 Å². The van der Waals surface area contributed by atoms with Crippen molar-refractivity contribution in [2.45, 2.75) is 53.0 Å².